The molecule has 7 nitrogen and oxygen atoms in total. The second kappa shape index (κ2) is 7.44. The van der Waals surface area contributed by atoms with Gasteiger partial charge in [0.05, 0.1) is 18.8 Å². The van der Waals surface area contributed by atoms with Gasteiger partial charge in [-0.25, -0.2) is 4.98 Å². The quantitative estimate of drug-likeness (QED) is 0.897. The minimum Gasteiger partial charge on any atom is -0.373 e. The molecule has 1 amide bonds. The fourth-order valence-corrected chi connectivity index (χ4v) is 2.86. The number of morpholine rings is 1. The van der Waals surface area contributed by atoms with E-state index in [2.05, 4.69) is 15.4 Å². The van der Waals surface area contributed by atoms with Crippen molar-refractivity contribution < 1.29 is 9.53 Å². The van der Waals surface area contributed by atoms with Crippen molar-refractivity contribution in [3.05, 3.63) is 41.9 Å². The lowest BCUT2D eigenvalue weighted by Gasteiger charge is -2.33. The predicted octanol–water partition coefficient (Wildman–Crippen LogP) is 1.39. The summed E-state index contributed by atoms with van der Waals surface area (Å²) in [4.78, 5) is 18.9. The van der Waals surface area contributed by atoms with Crippen LogP contribution >= 0.6 is 0 Å². The number of hydrogen-bond acceptors (Lipinski definition) is 5. The molecule has 0 aromatic carbocycles. The van der Waals surface area contributed by atoms with Crippen molar-refractivity contribution in [3.8, 4) is 0 Å². The predicted molar refractivity (Wildman–Crippen MR) is 90.6 cm³/mol. The van der Waals surface area contributed by atoms with Gasteiger partial charge in [-0.1, -0.05) is 6.07 Å². The van der Waals surface area contributed by atoms with Gasteiger partial charge >= 0.3 is 0 Å². The van der Waals surface area contributed by atoms with E-state index in [4.69, 9.17) is 4.74 Å². The number of rotatable bonds is 5. The van der Waals surface area contributed by atoms with Crippen LogP contribution in [0.15, 0.2) is 30.5 Å². The van der Waals surface area contributed by atoms with Gasteiger partial charge in [-0.3, -0.25) is 9.48 Å². The molecule has 1 N–H and O–H groups in total. The molecule has 0 radical (unpaired) electrons. The highest BCUT2D eigenvalue weighted by atomic mass is 16.5. The first-order chi connectivity index (χ1) is 11.7. The first-order valence-corrected chi connectivity index (χ1v) is 8.18. The van der Waals surface area contributed by atoms with Crippen molar-refractivity contribution in [2.75, 3.05) is 32.1 Å². The van der Waals surface area contributed by atoms with Crippen LogP contribution in [0, 0.1) is 0 Å². The molecule has 1 atom stereocenters. The molecule has 0 bridgehead atoms. The highest BCUT2D eigenvalue weighted by molar-refractivity contribution is 5.76. The van der Waals surface area contributed by atoms with Crippen LogP contribution in [-0.4, -0.2) is 52.3 Å². The number of nitrogens with one attached hydrogen (secondary N) is 1. The molecule has 0 aliphatic carbocycles. The van der Waals surface area contributed by atoms with Gasteiger partial charge in [-0.15, -0.1) is 0 Å². The largest absolute Gasteiger partial charge is 0.373 e. The molecule has 3 rings (SSSR count). The smallest absolute Gasteiger partial charge is 0.223 e. The maximum atomic E-state index is 12.5. The highest BCUT2D eigenvalue weighted by Crippen LogP contribution is 2.22. The van der Waals surface area contributed by atoms with E-state index in [1.807, 2.05) is 47.9 Å². The molecular formula is C17H23N5O2. The summed E-state index contributed by atoms with van der Waals surface area (Å²) in [5, 5.41) is 7.16. The summed E-state index contributed by atoms with van der Waals surface area (Å²) in [6.45, 7) is 1.71. The van der Waals surface area contributed by atoms with Crippen LogP contribution < -0.4 is 5.32 Å². The Bertz CT molecular complexity index is 700. The van der Waals surface area contributed by atoms with E-state index in [9.17, 15) is 4.79 Å². The molecule has 128 valence electrons. The van der Waals surface area contributed by atoms with Gasteiger partial charge in [0.15, 0.2) is 0 Å². The van der Waals surface area contributed by atoms with E-state index in [-0.39, 0.29) is 12.0 Å². The van der Waals surface area contributed by atoms with E-state index in [0.29, 0.717) is 32.5 Å². The second-order valence-electron chi connectivity index (χ2n) is 5.84. The van der Waals surface area contributed by atoms with E-state index >= 15 is 0 Å². The van der Waals surface area contributed by atoms with Gasteiger partial charge in [0, 0.05) is 39.0 Å². The number of ether oxygens (including phenoxy) is 1. The summed E-state index contributed by atoms with van der Waals surface area (Å²) in [5.41, 5.74) is 1.92. The Kier molecular flexibility index (Phi) is 5.10. The van der Waals surface area contributed by atoms with Crippen molar-refractivity contribution in [2.24, 2.45) is 7.05 Å². The average Bonchev–Trinajstić information content (AvgIpc) is 3.04. The molecule has 1 saturated heterocycles. The fraction of sp³-hybridized carbons (Fsp3) is 0.471. The number of carbonyl (C=O) groups excluding carboxylic acids is 1. The third-order valence-electron chi connectivity index (χ3n) is 4.29. The summed E-state index contributed by atoms with van der Waals surface area (Å²) >= 11 is 0. The van der Waals surface area contributed by atoms with Gasteiger partial charge in [0.2, 0.25) is 5.91 Å². The Morgan fingerprint density at radius 1 is 1.42 bits per heavy atom. The Hall–Kier alpha value is -2.41. The molecule has 1 aliphatic heterocycles. The van der Waals surface area contributed by atoms with Crippen LogP contribution in [0.5, 0.6) is 0 Å². The first kappa shape index (κ1) is 16.4. The molecule has 2 aromatic heterocycles. The third kappa shape index (κ3) is 3.73. The molecular weight excluding hydrogens is 306 g/mol. The van der Waals surface area contributed by atoms with Gasteiger partial charge in [-0.05, 0) is 24.6 Å². The molecule has 0 spiro atoms. The van der Waals surface area contributed by atoms with Crippen molar-refractivity contribution >= 4 is 11.7 Å². The van der Waals surface area contributed by atoms with Crippen LogP contribution in [0.1, 0.15) is 23.9 Å². The molecule has 24 heavy (non-hydrogen) atoms. The Labute approximate surface area is 141 Å². The van der Waals surface area contributed by atoms with Crippen molar-refractivity contribution in [1.82, 2.24) is 19.7 Å². The van der Waals surface area contributed by atoms with Crippen LogP contribution in [0.2, 0.25) is 0 Å². The first-order valence-electron chi connectivity index (χ1n) is 8.18. The second-order valence-corrected chi connectivity index (χ2v) is 5.84. The lowest BCUT2D eigenvalue weighted by molar-refractivity contribution is -0.139. The molecule has 7 heteroatoms. The van der Waals surface area contributed by atoms with Crippen molar-refractivity contribution in [3.63, 3.8) is 0 Å². The van der Waals surface area contributed by atoms with Crippen molar-refractivity contribution in [1.29, 1.82) is 0 Å². The molecule has 1 fully saturated rings. The number of pyridine rings is 1. The molecule has 3 heterocycles. The number of anilines is 1. The van der Waals surface area contributed by atoms with Crippen LogP contribution in [0.4, 0.5) is 5.82 Å². The maximum Gasteiger partial charge on any atom is 0.223 e. The standard InChI is InChI=1S/C17H23N5O2/c1-18-16-5-3-4-14(20-16)15-12-22(10-11-24-15)17(23)7-6-13-8-9-19-21(13)2/h3-5,8-9,15H,6-7,10-12H2,1-2H3,(H,18,20). The number of aryl methyl sites for hydroxylation is 2. The van der Waals surface area contributed by atoms with Gasteiger partial charge in [-0.2, -0.15) is 5.10 Å². The number of hydrogen-bond donors (Lipinski definition) is 1. The maximum absolute atomic E-state index is 12.5. The zero-order valence-electron chi connectivity index (χ0n) is 14.1. The summed E-state index contributed by atoms with van der Waals surface area (Å²) in [7, 11) is 3.73. The highest BCUT2D eigenvalue weighted by Gasteiger charge is 2.26. The van der Waals surface area contributed by atoms with Crippen LogP contribution in [-0.2, 0) is 23.0 Å². The SMILES string of the molecule is CNc1cccc(C2CN(C(=O)CCc3ccnn3C)CCO2)n1. The molecule has 2 aromatic rings. The Morgan fingerprint density at radius 2 is 2.29 bits per heavy atom. The Balaban J connectivity index is 1.60. The summed E-state index contributed by atoms with van der Waals surface area (Å²) < 4.78 is 7.62. The molecule has 1 aliphatic rings. The van der Waals surface area contributed by atoms with Crippen molar-refractivity contribution in [2.45, 2.75) is 18.9 Å². The van der Waals surface area contributed by atoms with E-state index < -0.39 is 0 Å². The van der Waals surface area contributed by atoms with Gasteiger partial charge < -0.3 is 15.0 Å². The number of carbonyl (C=O) groups is 1. The third-order valence-corrected chi connectivity index (χ3v) is 4.29. The minimum absolute atomic E-state index is 0.147. The summed E-state index contributed by atoms with van der Waals surface area (Å²) in [6, 6.07) is 7.74. The summed E-state index contributed by atoms with van der Waals surface area (Å²) in [5.74, 6) is 0.949. The van der Waals surface area contributed by atoms with E-state index in [1.165, 1.54) is 0 Å². The number of aromatic nitrogens is 3. The van der Waals surface area contributed by atoms with Gasteiger partial charge in [0.25, 0.3) is 0 Å². The minimum atomic E-state index is -0.173. The molecule has 1 unspecified atom stereocenters. The normalized spacial score (nSPS) is 17.8. The van der Waals surface area contributed by atoms with Gasteiger partial charge in [0.1, 0.15) is 11.9 Å². The van der Waals surface area contributed by atoms with E-state index in [1.54, 1.807) is 6.20 Å². The lowest BCUT2D eigenvalue weighted by atomic mass is 10.1. The lowest BCUT2D eigenvalue weighted by Crippen LogP contribution is -2.42. The van der Waals surface area contributed by atoms with Crippen LogP contribution in [0.3, 0.4) is 0 Å². The Morgan fingerprint density at radius 3 is 3.04 bits per heavy atom. The molecule has 0 saturated carbocycles. The average molecular weight is 329 g/mol. The van der Waals surface area contributed by atoms with Crippen LogP contribution in [0.25, 0.3) is 0 Å². The number of amides is 1. The van der Waals surface area contributed by atoms with E-state index in [0.717, 1.165) is 17.2 Å². The number of nitrogens with zero attached hydrogens (tertiary/aromatic N) is 4. The zero-order valence-corrected chi connectivity index (χ0v) is 14.1. The topological polar surface area (TPSA) is 72.3 Å². The monoisotopic (exact) mass is 329 g/mol. The zero-order chi connectivity index (χ0) is 16.9. The summed E-state index contributed by atoms with van der Waals surface area (Å²) in [6.07, 6.45) is 2.76. The fourth-order valence-electron chi connectivity index (χ4n) is 2.86.